The van der Waals surface area contributed by atoms with Crippen LogP contribution in [0.4, 0.5) is 13.2 Å². The van der Waals surface area contributed by atoms with Crippen LogP contribution in [0, 0.1) is 0 Å². The maximum absolute atomic E-state index is 12.0. The summed E-state index contributed by atoms with van der Waals surface area (Å²) in [6.45, 7) is 0.0732. The molecule has 1 aromatic carbocycles. The molecule has 2 rings (SSSR count). The third-order valence-corrected chi connectivity index (χ3v) is 3.70. The smallest absolute Gasteiger partial charge is 0.422 e. The summed E-state index contributed by atoms with van der Waals surface area (Å²) >= 11 is 0. The molecule has 0 radical (unpaired) electrons. The Balaban J connectivity index is 1.67. The molecule has 1 heterocycles. The van der Waals surface area contributed by atoms with Crippen molar-refractivity contribution in [3.8, 4) is 5.75 Å². The summed E-state index contributed by atoms with van der Waals surface area (Å²) in [5.74, 6) is 0.140. The number of carbonyl (C=O) groups is 1. The van der Waals surface area contributed by atoms with Gasteiger partial charge in [-0.3, -0.25) is 4.79 Å². The van der Waals surface area contributed by atoms with Gasteiger partial charge >= 0.3 is 6.18 Å². The molecule has 1 saturated heterocycles. The lowest BCUT2D eigenvalue weighted by Gasteiger charge is -2.11. The molecule has 128 valence electrons. The SMILES string of the molecule is O=C(CCC1CCCN1)NCc1ccc(OCC(F)(F)F)cc1. The maximum Gasteiger partial charge on any atom is 0.422 e. The molecule has 0 aliphatic carbocycles. The second kappa shape index (κ2) is 8.19. The van der Waals surface area contributed by atoms with Crippen molar-refractivity contribution in [2.45, 2.75) is 44.4 Å². The Hall–Kier alpha value is -1.76. The van der Waals surface area contributed by atoms with E-state index in [-0.39, 0.29) is 11.7 Å². The zero-order valence-electron chi connectivity index (χ0n) is 12.8. The fraction of sp³-hybridized carbons (Fsp3) is 0.562. The van der Waals surface area contributed by atoms with Gasteiger partial charge in [-0.2, -0.15) is 13.2 Å². The van der Waals surface area contributed by atoms with E-state index in [2.05, 4.69) is 15.4 Å². The van der Waals surface area contributed by atoms with Gasteiger partial charge in [0.2, 0.25) is 5.91 Å². The molecule has 1 aromatic rings. The summed E-state index contributed by atoms with van der Waals surface area (Å²) in [6, 6.07) is 6.66. The van der Waals surface area contributed by atoms with E-state index in [1.807, 2.05) is 0 Å². The molecule has 0 saturated carbocycles. The predicted molar refractivity (Wildman–Crippen MR) is 80.1 cm³/mol. The van der Waals surface area contributed by atoms with Crippen molar-refractivity contribution >= 4 is 5.91 Å². The summed E-state index contributed by atoms with van der Waals surface area (Å²) in [5.41, 5.74) is 0.816. The van der Waals surface area contributed by atoms with Crippen molar-refractivity contribution in [2.75, 3.05) is 13.2 Å². The highest BCUT2D eigenvalue weighted by atomic mass is 19.4. The van der Waals surface area contributed by atoms with Crippen LogP contribution in [0.5, 0.6) is 5.75 Å². The number of ether oxygens (including phenoxy) is 1. The third-order valence-electron chi connectivity index (χ3n) is 3.70. The van der Waals surface area contributed by atoms with E-state index in [0.717, 1.165) is 31.4 Å². The Kier molecular flexibility index (Phi) is 6.27. The van der Waals surface area contributed by atoms with Gasteiger partial charge in [0.1, 0.15) is 5.75 Å². The zero-order valence-corrected chi connectivity index (χ0v) is 12.8. The second-order valence-electron chi connectivity index (χ2n) is 5.66. The fourth-order valence-corrected chi connectivity index (χ4v) is 2.47. The van der Waals surface area contributed by atoms with Crippen LogP contribution in [0.25, 0.3) is 0 Å². The molecule has 0 spiro atoms. The van der Waals surface area contributed by atoms with Crippen molar-refractivity contribution < 1.29 is 22.7 Å². The summed E-state index contributed by atoms with van der Waals surface area (Å²) < 4.78 is 40.7. The van der Waals surface area contributed by atoms with Crippen molar-refractivity contribution in [1.82, 2.24) is 10.6 Å². The van der Waals surface area contributed by atoms with Crippen LogP contribution < -0.4 is 15.4 Å². The van der Waals surface area contributed by atoms with Gasteiger partial charge in [0.05, 0.1) is 0 Å². The normalized spacial score (nSPS) is 18.0. The number of amides is 1. The van der Waals surface area contributed by atoms with E-state index in [0.29, 0.717) is 19.0 Å². The first-order valence-electron chi connectivity index (χ1n) is 7.71. The fourth-order valence-electron chi connectivity index (χ4n) is 2.47. The van der Waals surface area contributed by atoms with Crippen molar-refractivity contribution in [3.05, 3.63) is 29.8 Å². The van der Waals surface area contributed by atoms with E-state index in [1.165, 1.54) is 12.1 Å². The number of halogens is 3. The highest BCUT2D eigenvalue weighted by Crippen LogP contribution is 2.18. The molecule has 7 heteroatoms. The molecule has 0 aromatic heterocycles. The summed E-state index contributed by atoms with van der Waals surface area (Å²) in [6.07, 6.45) is -0.761. The Morgan fingerprint density at radius 1 is 1.30 bits per heavy atom. The molecule has 1 unspecified atom stereocenters. The van der Waals surface area contributed by atoms with Gasteiger partial charge in [0.25, 0.3) is 0 Å². The number of nitrogens with one attached hydrogen (secondary N) is 2. The van der Waals surface area contributed by atoms with Gasteiger partial charge in [-0.1, -0.05) is 12.1 Å². The van der Waals surface area contributed by atoms with Crippen LogP contribution >= 0.6 is 0 Å². The van der Waals surface area contributed by atoms with E-state index in [9.17, 15) is 18.0 Å². The molecule has 1 fully saturated rings. The number of hydrogen-bond acceptors (Lipinski definition) is 3. The third kappa shape index (κ3) is 6.90. The molecule has 1 atom stereocenters. The lowest BCUT2D eigenvalue weighted by atomic mass is 10.1. The molecule has 1 amide bonds. The van der Waals surface area contributed by atoms with Gasteiger partial charge < -0.3 is 15.4 Å². The van der Waals surface area contributed by atoms with Gasteiger partial charge in [0.15, 0.2) is 6.61 Å². The first-order valence-corrected chi connectivity index (χ1v) is 7.71. The van der Waals surface area contributed by atoms with Gasteiger partial charge in [-0.05, 0) is 43.5 Å². The van der Waals surface area contributed by atoms with Gasteiger partial charge in [-0.25, -0.2) is 0 Å². The maximum atomic E-state index is 12.0. The largest absolute Gasteiger partial charge is 0.484 e. The number of hydrogen-bond donors (Lipinski definition) is 2. The van der Waals surface area contributed by atoms with E-state index >= 15 is 0 Å². The molecule has 4 nitrogen and oxygen atoms in total. The lowest BCUT2D eigenvalue weighted by molar-refractivity contribution is -0.153. The van der Waals surface area contributed by atoms with Gasteiger partial charge in [-0.15, -0.1) is 0 Å². The minimum absolute atomic E-state index is 0.0175. The van der Waals surface area contributed by atoms with Gasteiger partial charge in [0, 0.05) is 19.0 Å². The first-order chi connectivity index (χ1) is 10.9. The molecule has 23 heavy (non-hydrogen) atoms. The highest BCUT2D eigenvalue weighted by Gasteiger charge is 2.28. The minimum atomic E-state index is -4.35. The summed E-state index contributed by atoms with van der Waals surface area (Å²) in [7, 11) is 0. The van der Waals surface area contributed by atoms with Crippen molar-refractivity contribution in [3.63, 3.8) is 0 Å². The lowest BCUT2D eigenvalue weighted by Crippen LogP contribution is -2.27. The number of benzene rings is 1. The van der Waals surface area contributed by atoms with Crippen LogP contribution in [-0.2, 0) is 11.3 Å². The molecule has 2 N–H and O–H groups in total. The van der Waals surface area contributed by atoms with E-state index in [4.69, 9.17) is 0 Å². The first kappa shape index (κ1) is 17.6. The van der Waals surface area contributed by atoms with Crippen LogP contribution in [0.1, 0.15) is 31.2 Å². The average Bonchev–Trinajstić information content (AvgIpc) is 3.02. The average molecular weight is 330 g/mol. The monoisotopic (exact) mass is 330 g/mol. The molecular weight excluding hydrogens is 309 g/mol. The van der Waals surface area contributed by atoms with Crippen LogP contribution in [0.15, 0.2) is 24.3 Å². The topological polar surface area (TPSA) is 50.4 Å². The van der Waals surface area contributed by atoms with Crippen molar-refractivity contribution in [1.29, 1.82) is 0 Å². The Morgan fingerprint density at radius 2 is 2.04 bits per heavy atom. The van der Waals surface area contributed by atoms with E-state index < -0.39 is 12.8 Å². The Morgan fingerprint density at radius 3 is 2.65 bits per heavy atom. The number of rotatable bonds is 7. The highest BCUT2D eigenvalue weighted by molar-refractivity contribution is 5.75. The molecular formula is C16H21F3N2O2. The number of carbonyl (C=O) groups excluding carboxylic acids is 1. The van der Waals surface area contributed by atoms with Crippen LogP contribution in [0.3, 0.4) is 0 Å². The quantitative estimate of drug-likeness (QED) is 0.808. The molecule has 1 aliphatic heterocycles. The van der Waals surface area contributed by atoms with E-state index in [1.54, 1.807) is 12.1 Å². The van der Waals surface area contributed by atoms with Crippen LogP contribution in [0.2, 0.25) is 0 Å². The second-order valence-corrected chi connectivity index (χ2v) is 5.66. The summed E-state index contributed by atoms with van der Waals surface area (Å²) in [5, 5.41) is 6.15. The van der Waals surface area contributed by atoms with Crippen molar-refractivity contribution in [2.24, 2.45) is 0 Å². The Labute approximate surface area is 133 Å². The molecule has 1 aliphatic rings. The van der Waals surface area contributed by atoms with Crippen LogP contribution in [-0.4, -0.2) is 31.3 Å². The Bertz CT molecular complexity index is 497. The minimum Gasteiger partial charge on any atom is -0.484 e. The zero-order chi connectivity index (χ0) is 16.7. The molecule has 0 bridgehead atoms. The standard InChI is InChI=1S/C16H21F3N2O2/c17-16(18,19)11-23-14-6-3-12(4-7-14)10-21-15(22)8-5-13-2-1-9-20-13/h3-4,6-7,13,20H,1-2,5,8-11H2,(H,21,22). The number of alkyl halides is 3. The summed E-state index contributed by atoms with van der Waals surface area (Å²) in [4.78, 5) is 11.8. The predicted octanol–water partition coefficient (Wildman–Crippen LogP) is 2.78.